The van der Waals surface area contributed by atoms with E-state index in [4.69, 9.17) is 28.2 Å². The van der Waals surface area contributed by atoms with E-state index in [1.54, 1.807) is 17.8 Å². The van der Waals surface area contributed by atoms with Crippen LogP contribution in [-0.2, 0) is 0 Å². The topological polar surface area (TPSA) is 50.1 Å². The van der Waals surface area contributed by atoms with E-state index in [1.807, 2.05) is 23.7 Å². The Morgan fingerprint density at radius 3 is 2.62 bits per heavy atom. The molecule has 0 amide bonds. The lowest BCUT2D eigenvalue weighted by atomic mass is 10.1. The minimum Gasteiger partial charge on any atom is -0.268 e. The van der Waals surface area contributed by atoms with Gasteiger partial charge in [-0.15, -0.1) is 0 Å². The molecule has 1 fully saturated rings. The predicted octanol–water partition coefficient (Wildman–Crippen LogP) is 6.26. The quantitative estimate of drug-likeness (QED) is 0.594. The second-order valence-electron chi connectivity index (χ2n) is 6.99. The van der Waals surface area contributed by atoms with Crippen molar-refractivity contribution < 1.29 is 0 Å². The number of aromatic nitrogens is 2. The summed E-state index contributed by atoms with van der Waals surface area (Å²) in [6.45, 7) is 1.99. The van der Waals surface area contributed by atoms with E-state index >= 15 is 0 Å². The second-order valence-corrected chi connectivity index (χ2v) is 9.13. The molecule has 0 spiro atoms. The number of nitrogens with one attached hydrogen (secondary N) is 1. The van der Waals surface area contributed by atoms with E-state index in [-0.39, 0.29) is 10.8 Å². The first-order valence-electron chi connectivity index (χ1n) is 9.06. The number of benzene rings is 1. The molecule has 1 atom stereocenters. The van der Waals surface area contributed by atoms with Crippen LogP contribution in [0.5, 0.6) is 0 Å². The third kappa shape index (κ3) is 3.37. The Morgan fingerprint density at radius 1 is 1.19 bits per heavy atom. The maximum Gasteiger partial charge on any atom is 0.271 e. The maximum atomic E-state index is 12.9. The zero-order chi connectivity index (χ0) is 18.3. The minimum absolute atomic E-state index is 0.0657. The van der Waals surface area contributed by atoms with Crippen LogP contribution in [-0.4, -0.2) is 14.8 Å². The highest BCUT2D eigenvalue weighted by atomic mass is 35.5. The molecule has 26 heavy (non-hydrogen) atoms. The normalized spacial score (nSPS) is 21.2. The molecule has 1 aliphatic carbocycles. The summed E-state index contributed by atoms with van der Waals surface area (Å²) >= 11 is 14.1. The molecule has 7 heteroatoms. The SMILES string of the molecule is CC1=Nc2c(c(=O)[nH]n2C2CCCCCC2)[C@@H](c2ccc(Cl)cc2Cl)S1. The molecule has 4 rings (SSSR count). The Kier molecular flexibility index (Phi) is 5.22. The molecule has 1 aromatic heterocycles. The molecule has 2 heterocycles. The largest absolute Gasteiger partial charge is 0.271 e. The van der Waals surface area contributed by atoms with Crippen molar-refractivity contribution in [1.29, 1.82) is 0 Å². The van der Waals surface area contributed by atoms with Gasteiger partial charge >= 0.3 is 0 Å². The first-order valence-corrected chi connectivity index (χ1v) is 10.7. The predicted molar refractivity (Wildman–Crippen MR) is 110 cm³/mol. The summed E-state index contributed by atoms with van der Waals surface area (Å²) in [6, 6.07) is 5.78. The molecule has 138 valence electrons. The first kappa shape index (κ1) is 18.2. The number of fused-ring (bicyclic) bond motifs is 1. The molecule has 1 N–H and O–H groups in total. The van der Waals surface area contributed by atoms with Gasteiger partial charge in [0.15, 0.2) is 5.82 Å². The van der Waals surface area contributed by atoms with Gasteiger partial charge in [0.25, 0.3) is 5.56 Å². The van der Waals surface area contributed by atoms with Gasteiger partial charge in [0.1, 0.15) is 0 Å². The Bertz CT molecular complexity index is 910. The highest BCUT2D eigenvalue weighted by molar-refractivity contribution is 8.14. The molecule has 1 saturated carbocycles. The molecular weight excluding hydrogens is 389 g/mol. The fraction of sp³-hybridized carbons (Fsp3) is 0.474. The lowest BCUT2D eigenvalue weighted by Crippen LogP contribution is -2.14. The van der Waals surface area contributed by atoms with E-state index in [0.29, 0.717) is 21.7 Å². The summed E-state index contributed by atoms with van der Waals surface area (Å²) in [5.41, 5.74) is 1.54. The second kappa shape index (κ2) is 7.45. The Hall–Kier alpha value is -1.17. The number of H-pyrrole nitrogens is 1. The number of hydrogen-bond donors (Lipinski definition) is 1. The Morgan fingerprint density at radius 2 is 1.92 bits per heavy atom. The first-order chi connectivity index (χ1) is 12.5. The van der Waals surface area contributed by atoms with Crippen molar-refractivity contribution in [1.82, 2.24) is 9.78 Å². The average Bonchev–Trinajstić information content (AvgIpc) is 2.77. The van der Waals surface area contributed by atoms with Gasteiger partial charge < -0.3 is 0 Å². The van der Waals surface area contributed by atoms with Crippen LogP contribution in [0.1, 0.15) is 67.9 Å². The number of thioether (sulfide) groups is 1. The number of hydrogen-bond acceptors (Lipinski definition) is 3. The molecule has 4 nitrogen and oxygen atoms in total. The third-order valence-corrected chi connectivity index (χ3v) is 6.90. The fourth-order valence-corrected chi connectivity index (χ4v) is 5.65. The van der Waals surface area contributed by atoms with Crippen LogP contribution >= 0.6 is 35.0 Å². The van der Waals surface area contributed by atoms with E-state index in [1.165, 1.54) is 25.7 Å². The summed E-state index contributed by atoms with van der Waals surface area (Å²) in [5, 5.41) is 5.02. The summed E-state index contributed by atoms with van der Waals surface area (Å²) in [6.07, 6.45) is 7.11. The van der Waals surface area contributed by atoms with E-state index < -0.39 is 0 Å². The molecule has 0 saturated heterocycles. The van der Waals surface area contributed by atoms with Crippen molar-refractivity contribution in [2.75, 3.05) is 0 Å². The molecule has 1 aromatic carbocycles. The summed E-state index contributed by atoms with van der Waals surface area (Å²) < 4.78 is 2.02. The van der Waals surface area contributed by atoms with Crippen LogP contribution in [0, 0.1) is 0 Å². The van der Waals surface area contributed by atoms with Gasteiger partial charge in [0.2, 0.25) is 0 Å². The summed E-state index contributed by atoms with van der Waals surface area (Å²) in [5.74, 6) is 0.772. The molecule has 1 aliphatic heterocycles. The fourth-order valence-electron chi connectivity index (χ4n) is 3.92. The Balaban J connectivity index is 1.82. The summed E-state index contributed by atoms with van der Waals surface area (Å²) in [7, 11) is 0. The average molecular weight is 410 g/mol. The van der Waals surface area contributed by atoms with Gasteiger partial charge in [-0.05, 0) is 37.5 Å². The highest BCUT2D eigenvalue weighted by Crippen LogP contribution is 2.47. The van der Waals surface area contributed by atoms with Crippen molar-refractivity contribution in [2.24, 2.45) is 4.99 Å². The van der Waals surface area contributed by atoms with Crippen molar-refractivity contribution in [3.05, 3.63) is 49.7 Å². The number of aliphatic imine (C=N–C) groups is 1. The molecule has 2 aromatic rings. The van der Waals surface area contributed by atoms with Gasteiger partial charge in [-0.2, -0.15) is 0 Å². The van der Waals surface area contributed by atoms with Crippen molar-refractivity contribution in [3.63, 3.8) is 0 Å². The zero-order valence-electron chi connectivity index (χ0n) is 14.6. The van der Waals surface area contributed by atoms with Gasteiger partial charge in [-0.1, -0.05) is 66.7 Å². The smallest absolute Gasteiger partial charge is 0.268 e. The van der Waals surface area contributed by atoms with Crippen LogP contribution in [0.2, 0.25) is 10.0 Å². The van der Waals surface area contributed by atoms with Gasteiger partial charge in [0, 0.05) is 10.0 Å². The van der Waals surface area contributed by atoms with Crippen molar-refractivity contribution in [2.45, 2.75) is 56.7 Å². The van der Waals surface area contributed by atoms with Crippen LogP contribution in [0.25, 0.3) is 0 Å². The molecule has 2 aliphatic rings. The minimum atomic E-state index is -0.164. The van der Waals surface area contributed by atoms with Crippen LogP contribution in [0.3, 0.4) is 0 Å². The number of nitrogens with zero attached hydrogens (tertiary/aromatic N) is 2. The van der Waals surface area contributed by atoms with E-state index in [2.05, 4.69) is 5.10 Å². The number of aromatic amines is 1. The molecule has 0 unspecified atom stereocenters. The van der Waals surface area contributed by atoms with Crippen molar-refractivity contribution in [3.8, 4) is 0 Å². The lowest BCUT2D eigenvalue weighted by molar-refractivity contribution is 0.407. The monoisotopic (exact) mass is 409 g/mol. The molecule has 0 bridgehead atoms. The van der Waals surface area contributed by atoms with Gasteiger partial charge in [0.05, 0.1) is 21.9 Å². The van der Waals surface area contributed by atoms with E-state index in [9.17, 15) is 4.79 Å². The molecule has 0 radical (unpaired) electrons. The van der Waals surface area contributed by atoms with Gasteiger partial charge in [-0.25, -0.2) is 4.99 Å². The van der Waals surface area contributed by atoms with Crippen molar-refractivity contribution >= 4 is 45.8 Å². The zero-order valence-corrected chi connectivity index (χ0v) is 16.9. The maximum absolute atomic E-state index is 12.9. The summed E-state index contributed by atoms with van der Waals surface area (Å²) in [4.78, 5) is 17.6. The van der Waals surface area contributed by atoms with Crippen LogP contribution < -0.4 is 5.56 Å². The standard InChI is InChI=1S/C19H21Cl2N3OS/c1-11-22-18-16(17(26-11)14-9-8-12(20)10-15(14)21)19(25)23-24(18)13-6-4-2-3-5-7-13/h8-10,13,17H,2-7H2,1H3,(H,23,25)/t17-/m1/s1. The van der Waals surface area contributed by atoms with E-state index in [0.717, 1.165) is 29.3 Å². The van der Waals surface area contributed by atoms with Crippen LogP contribution in [0.4, 0.5) is 5.82 Å². The lowest BCUT2D eigenvalue weighted by Gasteiger charge is -2.24. The Labute approximate surface area is 167 Å². The van der Waals surface area contributed by atoms with Gasteiger partial charge in [-0.3, -0.25) is 14.6 Å². The van der Waals surface area contributed by atoms with Crippen LogP contribution in [0.15, 0.2) is 28.0 Å². The highest BCUT2D eigenvalue weighted by Gasteiger charge is 2.33. The number of rotatable bonds is 2. The molecular formula is C19H21Cl2N3OS. The number of halogens is 2. The third-order valence-electron chi connectivity index (χ3n) is 5.18.